The largest absolute Gasteiger partial charge is 0.388 e. The maximum atomic E-state index is 10.7. The van der Waals surface area contributed by atoms with E-state index >= 15 is 0 Å². The van der Waals surface area contributed by atoms with Gasteiger partial charge in [-0.15, -0.1) is 0 Å². The van der Waals surface area contributed by atoms with Crippen LogP contribution in [0.25, 0.3) is 11.4 Å². The maximum Gasteiger partial charge on any atom is 0.140 e. The SMILES string of the molecule is OC1(Cn2cccc3cc(C4CC4)nc2-3)CCNCC1. The molecule has 0 aromatic carbocycles. The van der Waals surface area contributed by atoms with E-state index in [-0.39, 0.29) is 0 Å². The van der Waals surface area contributed by atoms with Gasteiger partial charge in [0, 0.05) is 23.4 Å². The van der Waals surface area contributed by atoms with Crippen LogP contribution in [0.4, 0.5) is 0 Å². The van der Waals surface area contributed by atoms with Crippen LogP contribution in [-0.4, -0.2) is 33.3 Å². The van der Waals surface area contributed by atoms with Gasteiger partial charge in [-0.2, -0.15) is 0 Å². The van der Waals surface area contributed by atoms with Gasteiger partial charge in [-0.3, -0.25) is 0 Å². The molecule has 4 aliphatic rings. The second-order valence-corrected chi connectivity index (χ2v) is 6.34. The zero-order valence-corrected chi connectivity index (χ0v) is 11.7. The summed E-state index contributed by atoms with van der Waals surface area (Å²) in [6.45, 7) is 2.44. The lowest BCUT2D eigenvalue weighted by molar-refractivity contribution is -0.00524. The molecule has 3 heterocycles. The summed E-state index contributed by atoms with van der Waals surface area (Å²) in [7, 11) is 0. The predicted octanol–water partition coefficient (Wildman–Crippen LogP) is 1.98. The van der Waals surface area contributed by atoms with Crippen molar-refractivity contribution in [3.8, 4) is 11.4 Å². The molecule has 1 saturated carbocycles. The summed E-state index contributed by atoms with van der Waals surface area (Å²) in [4.78, 5) is 4.81. The van der Waals surface area contributed by atoms with Crippen molar-refractivity contribution in [2.45, 2.75) is 43.7 Å². The van der Waals surface area contributed by atoms with Gasteiger partial charge in [-0.25, -0.2) is 4.98 Å². The van der Waals surface area contributed by atoms with E-state index in [1.807, 2.05) is 6.20 Å². The number of nitrogens with one attached hydrogen (secondary N) is 1. The van der Waals surface area contributed by atoms with Crippen LogP contribution in [0.5, 0.6) is 0 Å². The summed E-state index contributed by atoms with van der Waals surface area (Å²) in [5.41, 5.74) is 1.84. The lowest BCUT2D eigenvalue weighted by Gasteiger charge is -2.33. The van der Waals surface area contributed by atoms with Crippen molar-refractivity contribution in [2.24, 2.45) is 0 Å². The molecule has 4 nitrogen and oxygen atoms in total. The number of aliphatic hydroxyl groups is 1. The molecule has 20 heavy (non-hydrogen) atoms. The van der Waals surface area contributed by atoms with Crippen molar-refractivity contribution in [1.82, 2.24) is 14.9 Å². The molecule has 0 unspecified atom stereocenters. The van der Waals surface area contributed by atoms with E-state index in [1.165, 1.54) is 24.1 Å². The van der Waals surface area contributed by atoms with Crippen molar-refractivity contribution in [2.75, 3.05) is 13.1 Å². The topological polar surface area (TPSA) is 50.1 Å². The number of hydrogen-bond acceptors (Lipinski definition) is 3. The molecule has 106 valence electrons. The van der Waals surface area contributed by atoms with Crippen molar-refractivity contribution in [1.29, 1.82) is 0 Å². The Morgan fingerprint density at radius 3 is 2.90 bits per heavy atom. The molecule has 4 heteroatoms. The standard InChI is InChI=1S/C16H21N3O/c20-16(5-7-17-8-6-16)11-19-9-1-2-13-10-14(12-3-4-12)18-15(13)19/h1-2,9-10,12,17,20H,3-8,11H2. The Morgan fingerprint density at radius 2 is 2.15 bits per heavy atom. The highest BCUT2D eigenvalue weighted by Crippen LogP contribution is 2.41. The molecule has 0 radical (unpaired) electrons. The highest BCUT2D eigenvalue weighted by Gasteiger charge is 2.32. The highest BCUT2D eigenvalue weighted by molar-refractivity contribution is 5.59. The normalized spacial score (nSPS) is 22.2. The first-order valence-electron chi connectivity index (χ1n) is 7.62. The van der Waals surface area contributed by atoms with Gasteiger partial charge in [0.15, 0.2) is 0 Å². The molecule has 2 fully saturated rings. The Balaban J connectivity index is 1.65. The third-order valence-corrected chi connectivity index (χ3v) is 4.60. The van der Waals surface area contributed by atoms with Gasteiger partial charge in [-0.1, -0.05) is 0 Å². The number of rotatable bonds is 3. The van der Waals surface area contributed by atoms with Gasteiger partial charge >= 0.3 is 0 Å². The van der Waals surface area contributed by atoms with Gasteiger partial charge in [0.2, 0.25) is 0 Å². The summed E-state index contributed by atoms with van der Waals surface area (Å²) in [6, 6.07) is 6.40. The Bertz CT molecular complexity index is 582. The van der Waals surface area contributed by atoms with E-state index in [1.54, 1.807) is 0 Å². The smallest absolute Gasteiger partial charge is 0.140 e. The first-order chi connectivity index (χ1) is 9.73. The van der Waals surface area contributed by atoms with Crippen LogP contribution >= 0.6 is 0 Å². The zero-order valence-electron chi connectivity index (χ0n) is 11.7. The molecule has 0 atom stereocenters. The predicted molar refractivity (Wildman–Crippen MR) is 77.9 cm³/mol. The third kappa shape index (κ3) is 2.23. The summed E-state index contributed by atoms with van der Waals surface area (Å²) in [5.74, 6) is 1.71. The second-order valence-electron chi connectivity index (χ2n) is 6.34. The minimum atomic E-state index is -0.594. The summed E-state index contributed by atoms with van der Waals surface area (Å²) < 4.78 is 2.13. The Labute approximate surface area is 119 Å². The molecule has 0 aromatic heterocycles. The monoisotopic (exact) mass is 271 g/mol. The number of nitrogens with zero attached hydrogens (tertiary/aromatic N) is 2. The summed E-state index contributed by atoms with van der Waals surface area (Å²) in [5, 5.41) is 14.0. The van der Waals surface area contributed by atoms with Gasteiger partial charge in [0.25, 0.3) is 0 Å². The van der Waals surface area contributed by atoms with Crippen molar-refractivity contribution >= 4 is 0 Å². The number of aromatic nitrogens is 2. The number of pyridine rings is 1. The Morgan fingerprint density at radius 1 is 1.35 bits per heavy atom. The van der Waals surface area contributed by atoms with Gasteiger partial charge in [0.1, 0.15) is 5.82 Å². The molecule has 1 aliphatic carbocycles. The molecule has 0 amide bonds. The molecular formula is C16H21N3O. The molecule has 4 rings (SSSR count). The first-order valence-corrected chi connectivity index (χ1v) is 7.62. The minimum Gasteiger partial charge on any atom is -0.388 e. The minimum absolute atomic E-state index is 0.594. The van der Waals surface area contributed by atoms with Crippen LogP contribution in [0.3, 0.4) is 0 Å². The van der Waals surface area contributed by atoms with Crippen molar-refractivity contribution in [3.63, 3.8) is 0 Å². The molecule has 0 bridgehead atoms. The second kappa shape index (κ2) is 4.57. The van der Waals surface area contributed by atoms with Crippen LogP contribution in [0.2, 0.25) is 0 Å². The molecule has 3 aliphatic heterocycles. The molecule has 0 spiro atoms. The average molecular weight is 271 g/mol. The fraction of sp³-hybridized carbons (Fsp3) is 0.562. The molecule has 0 aromatic rings. The molecule has 1 saturated heterocycles. The van der Waals surface area contributed by atoms with E-state index in [0.29, 0.717) is 12.5 Å². The Kier molecular flexibility index (Phi) is 2.82. The fourth-order valence-electron chi connectivity index (χ4n) is 3.20. The van der Waals surface area contributed by atoms with Crippen LogP contribution in [0.15, 0.2) is 24.4 Å². The van der Waals surface area contributed by atoms with Crippen molar-refractivity contribution in [3.05, 3.63) is 30.1 Å². The highest BCUT2D eigenvalue weighted by atomic mass is 16.3. The van der Waals surface area contributed by atoms with Gasteiger partial charge in [0.05, 0.1) is 12.1 Å². The lowest BCUT2D eigenvalue weighted by atomic mass is 9.92. The van der Waals surface area contributed by atoms with E-state index in [2.05, 4.69) is 28.1 Å². The van der Waals surface area contributed by atoms with E-state index in [4.69, 9.17) is 4.98 Å². The van der Waals surface area contributed by atoms with E-state index in [0.717, 1.165) is 31.8 Å². The number of hydrogen-bond donors (Lipinski definition) is 2. The lowest BCUT2D eigenvalue weighted by Crippen LogP contribution is -2.44. The van der Waals surface area contributed by atoms with Crippen LogP contribution in [0, 0.1) is 0 Å². The third-order valence-electron chi connectivity index (χ3n) is 4.60. The van der Waals surface area contributed by atoms with Crippen LogP contribution < -0.4 is 5.32 Å². The molecular weight excluding hydrogens is 250 g/mol. The summed E-state index contributed by atoms with van der Waals surface area (Å²) in [6.07, 6.45) is 6.23. The van der Waals surface area contributed by atoms with E-state index in [9.17, 15) is 5.11 Å². The zero-order chi connectivity index (χ0) is 13.6. The number of piperidine rings is 1. The van der Waals surface area contributed by atoms with Crippen LogP contribution in [-0.2, 0) is 6.54 Å². The fourth-order valence-corrected chi connectivity index (χ4v) is 3.20. The Hall–Kier alpha value is -1.39. The van der Waals surface area contributed by atoms with Crippen LogP contribution in [0.1, 0.15) is 37.3 Å². The van der Waals surface area contributed by atoms with E-state index < -0.39 is 5.60 Å². The maximum absolute atomic E-state index is 10.7. The van der Waals surface area contributed by atoms with Crippen molar-refractivity contribution < 1.29 is 5.11 Å². The van der Waals surface area contributed by atoms with Gasteiger partial charge < -0.3 is 15.0 Å². The quantitative estimate of drug-likeness (QED) is 0.897. The molecule has 2 N–H and O–H groups in total. The number of fused-ring (bicyclic) bond motifs is 1. The van der Waals surface area contributed by atoms with Gasteiger partial charge in [-0.05, 0) is 57.0 Å². The average Bonchev–Trinajstić information content (AvgIpc) is 3.19. The summed E-state index contributed by atoms with van der Waals surface area (Å²) >= 11 is 0. The first kappa shape index (κ1) is 12.4.